The van der Waals surface area contributed by atoms with E-state index in [1.54, 1.807) is 7.05 Å². The number of likely N-dealkylation sites (N-methyl/N-ethyl adjacent to an activating group) is 1. The number of hydrazine groups is 1. The monoisotopic (exact) mass is 389 g/mol. The average molecular weight is 390 g/mol. The number of aliphatic hydroxyl groups excluding tert-OH is 1. The van der Waals surface area contributed by atoms with Gasteiger partial charge in [0.05, 0.1) is 29.5 Å². The van der Waals surface area contributed by atoms with E-state index in [0.29, 0.717) is 30.3 Å². The Morgan fingerprint density at radius 3 is 2.82 bits per heavy atom. The van der Waals surface area contributed by atoms with Crippen LogP contribution in [0.2, 0.25) is 0 Å². The smallest absolute Gasteiger partial charge is 0.0900 e. The molecule has 7 heteroatoms. The third-order valence-corrected chi connectivity index (χ3v) is 5.17. The summed E-state index contributed by atoms with van der Waals surface area (Å²) in [5.74, 6) is 6.39. The first kappa shape index (κ1) is 22.2. The molecule has 0 amide bonds. The molecule has 0 bridgehead atoms. The van der Waals surface area contributed by atoms with E-state index in [-0.39, 0.29) is 11.7 Å². The zero-order valence-electron chi connectivity index (χ0n) is 17.4. The van der Waals surface area contributed by atoms with Crippen LogP contribution in [0.1, 0.15) is 43.1 Å². The highest BCUT2D eigenvalue weighted by molar-refractivity contribution is 5.63. The van der Waals surface area contributed by atoms with Crippen LogP contribution in [-0.2, 0) is 11.3 Å². The minimum Gasteiger partial charge on any atom is -0.513 e. The van der Waals surface area contributed by atoms with Gasteiger partial charge in [0.15, 0.2) is 0 Å². The number of aliphatic hydroxyl groups is 1. The standard InChI is InChI=1S/C21H35N5O2/c1-5-11-28-14-20(25(4)23)21(22)19-9-8-17(15(2)24-19)12-26-10-6-7-18(13-26)16(3)27/h8-9,18,27H,3,5-7,10-14,22-23H2,1-2,4H3/b21-20-. The van der Waals surface area contributed by atoms with E-state index in [0.717, 1.165) is 50.2 Å². The second-order valence-corrected chi connectivity index (χ2v) is 7.53. The third-order valence-electron chi connectivity index (χ3n) is 5.17. The molecule has 0 aromatic carbocycles. The molecule has 2 rings (SSSR count). The molecular formula is C21H35N5O2. The number of piperidine rings is 1. The number of hydrogen-bond acceptors (Lipinski definition) is 7. The second kappa shape index (κ2) is 10.5. The largest absolute Gasteiger partial charge is 0.513 e. The summed E-state index contributed by atoms with van der Waals surface area (Å²) >= 11 is 0. The molecule has 0 radical (unpaired) electrons. The lowest BCUT2D eigenvalue weighted by Gasteiger charge is -2.32. The van der Waals surface area contributed by atoms with Crippen LogP contribution in [-0.4, -0.2) is 53.4 Å². The topological polar surface area (TPSA) is 101 Å². The van der Waals surface area contributed by atoms with E-state index in [1.165, 1.54) is 5.01 Å². The number of aromatic nitrogens is 1. The molecule has 1 aliphatic heterocycles. The van der Waals surface area contributed by atoms with Crippen LogP contribution in [0.4, 0.5) is 0 Å². The van der Waals surface area contributed by atoms with Gasteiger partial charge < -0.3 is 20.6 Å². The van der Waals surface area contributed by atoms with Gasteiger partial charge in [-0.25, -0.2) is 5.84 Å². The normalized spacial score (nSPS) is 18.6. The Kier molecular flexibility index (Phi) is 8.29. The summed E-state index contributed by atoms with van der Waals surface area (Å²) in [6, 6.07) is 4.01. The zero-order chi connectivity index (χ0) is 20.7. The average Bonchev–Trinajstić information content (AvgIpc) is 2.66. The lowest BCUT2D eigenvalue weighted by atomic mass is 9.96. The quantitative estimate of drug-likeness (QED) is 0.258. The van der Waals surface area contributed by atoms with Gasteiger partial charge >= 0.3 is 0 Å². The van der Waals surface area contributed by atoms with E-state index < -0.39 is 0 Å². The van der Waals surface area contributed by atoms with Crippen LogP contribution in [0.25, 0.3) is 5.70 Å². The lowest BCUT2D eigenvalue weighted by molar-refractivity contribution is 0.139. The van der Waals surface area contributed by atoms with Crippen LogP contribution >= 0.6 is 0 Å². The Labute approximate surface area is 168 Å². The highest BCUT2D eigenvalue weighted by atomic mass is 16.5. The number of likely N-dealkylation sites (tertiary alicyclic amines) is 1. The van der Waals surface area contributed by atoms with Crippen LogP contribution in [0.5, 0.6) is 0 Å². The maximum absolute atomic E-state index is 9.71. The first-order valence-corrected chi connectivity index (χ1v) is 9.95. The van der Waals surface area contributed by atoms with Gasteiger partial charge in [-0.2, -0.15) is 0 Å². The minimum absolute atomic E-state index is 0.158. The Hall–Kier alpha value is -2.09. The summed E-state index contributed by atoms with van der Waals surface area (Å²) < 4.78 is 5.61. The first-order valence-electron chi connectivity index (χ1n) is 9.95. The number of nitrogens with two attached hydrogens (primary N) is 2. The van der Waals surface area contributed by atoms with Crippen molar-refractivity contribution in [2.75, 3.05) is 33.4 Å². The van der Waals surface area contributed by atoms with Crippen LogP contribution < -0.4 is 11.6 Å². The van der Waals surface area contributed by atoms with Crippen molar-refractivity contribution in [3.05, 3.63) is 47.1 Å². The summed E-state index contributed by atoms with van der Waals surface area (Å²) in [7, 11) is 1.75. The molecule has 0 saturated carbocycles. The van der Waals surface area contributed by atoms with E-state index in [2.05, 4.69) is 24.5 Å². The van der Waals surface area contributed by atoms with Gasteiger partial charge in [0.25, 0.3) is 0 Å². The van der Waals surface area contributed by atoms with E-state index in [1.807, 2.05) is 13.0 Å². The molecule has 2 heterocycles. The van der Waals surface area contributed by atoms with Crippen LogP contribution in [0.15, 0.2) is 30.2 Å². The van der Waals surface area contributed by atoms with Crippen molar-refractivity contribution in [1.29, 1.82) is 0 Å². The lowest BCUT2D eigenvalue weighted by Crippen LogP contribution is -2.35. The van der Waals surface area contributed by atoms with Crippen molar-refractivity contribution in [3.8, 4) is 0 Å². The first-order chi connectivity index (χ1) is 13.3. The Bertz CT molecular complexity index is 702. The molecular weight excluding hydrogens is 354 g/mol. The molecule has 0 aliphatic carbocycles. The number of ether oxygens (including phenoxy) is 1. The van der Waals surface area contributed by atoms with Gasteiger partial charge in [-0.05, 0) is 44.4 Å². The molecule has 5 N–H and O–H groups in total. The molecule has 1 aromatic heterocycles. The molecule has 1 atom stereocenters. The third kappa shape index (κ3) is 5.95. The number of pyridine rings is 1. The second-order valence-electron chi connectivity index (χ2n) is 7.53. The van der Waals surface area contributed by atoms with Gasteiger partial charge in [-0.15, -0.1) is 0 Å². The van der Waals surface area contributed by atoms with Gasteiger partial charge in [0, 0.05) is 38.4 Å². The van der Waals surface area contributed by atoms with Gasteiger partial charge in [-0.1, -0.05) is 19.6 Å². The molecule has 1 fully saturated rings. The van der Waals surface area contributed by atoms with Crippen molar-refractivity contribution in [2.45, 2.75) is 39.7 Å². The summed E-state index contributed by atoms with van der Waals surface area (Å²) in [5, 5.41) is 11.2. The molecule has 1 unspecified atom stereocenters. The molecule has 1 aromatic rings. The molecule has 0 spiro atoms. The summed E-state index contributed by atoms with van der Waals surface area (Å²) in [4.78, 5) is 7.05. The SMILES string of the molecule is C=C(O)C1CCCN(Cc2ccc(/C(N)=C(\COCCC)N(C)N)nc2C)C1. The van der Waals surface area contributed by atoms with E-state index >= 15 is 0 Å². The van der Waals surface area contributed by atoms with Crippen LogP contribution in [0.3, 0.4) is 0 Å². The molecule has 7 nitrogen and oxygen atoms in total. The van der Waals surface area contributed by atoms with E-state index in [9.17, 15) is 5.11 Å². The predicted molar refractivity (Wildman–Crippen MR) is 113 cm³/mol. The zero-order valence-corrected chi connectivity index (χ0v) is 17.4. The number of nitrogens with zero attached hydrogens (tertiary/aromatic N) is 3. The maximum atomic E-state index is 9.71. The summed E-state index contributed by atoms with van der Waals surface area (Å²) in [6.07, 6.45) is 3.00. The predicted octanol–water partition coefficient (Wildman–Crippen LogP) is 2.53. The van der Waals surface area contributed by atoms with Gasteiger partial charge in [0.2, 0.25) is 0 Å². The van der Waals surface area contributed by atoms with Crippen molar-refractivity contribution in [2.24, 2.45) is 17.5 Å². The highest BCUT2D eigenvalue weighted by Crippen LogP contribution is 2.23. The maximum Gasteiger partial charge on any atom is 0.0900 e. The molecule has 1 aliphatic rings. The molecule has 1 saturated heterocycles. The fourth-order valence-electron chi connectivity index (χ4n) is 3.45. The summed E-state index contributed by atoms with van der Waals surface area (Å²) in [5.41, 5.74) is 10.4. The van der Waals surface area contributed by atoms with Crippen molar-refractivity contribution in [3.63, 3.8) is 0 Å². The summed E-state index contributed by atoms with van der Waals surface area (Å²) in [6.45, 7) is 11.4. The number of rotatable bonds is 9. The molecule has 28 heavy (non-hydrogen) atoms. The highest BCUT2D eigenvalue weighted by Gasteiger charge is 2.22. The Balaban J connectivity index is 2.13. The Morgan fingerprint density at radius 1 is 1.46 bits per heavy atom. The van der Waals surface area contributed by atoms with Gasteiger partial charge in [0.1, 0.15) is 0 Å². The fraction of sp³-hybridized carbons (Fsp3) is 0.571. The molecule has 156 valence electrons. The van der Waals surface area contributed by atoms with E-state index in [4.69, 9.17) is 21.3 Å². The van der Waals surface area contributed by atoms with Crippen LogP contribution in [0, 0.1) is 12.8 Å². The van der Waals surface area contributed by atoms with Crippen molar-refractivity contribution >= 4 is 5.70 Å². The van der Waals surface area contributed by atoms with Crippen molar-refractivity contribution < 1.29 is 9.84 Å². The fourth-order valence-corrected chi connectivity index (χ4v) is 3.45. The van der Waals surface area contributed by atoms with Gasteiger partial charge in [-0.3, -0.25) is 9.88 Å². The Morgan fingerprint density at radius 2 is 2.21 bits per heavy atom. The minimum atomic E-state index is 0.158. The number of aryl methyl sites for hydroxylation is 1. The van der Waals surface area contributed by atoms with Crippen molar-refractivity contribution in [1.82, 2.24) is 14.9 Å². The number of hydrogen-bond donors (Lipinski definition) is 3.